The van der Waals surface area contributed by atoms with E-state index in [0.29, 0.717) is 18.7 Å². The smallest absolute Gasteiger partial charge is 0.144 e. The number of hydrogen-bond donors (Lipinski definition) is 1. The van der Waals surface area contributed by atoms with E-state index in [4.69, 9.17) is 4.74 Å². The van der Waals surface area contributed by atoms with Gasteiger partial charge in [-0.2, -0.15) is 0 Å². The molecule has 0 bridgehead atoms. The van der Waals surface area contributed by atoms with Gasteiger partial charge in [-0.05, 0) is 12.1 Å². The van der Waals surface area contributed by atoms with Gasteiger partial charge < -0.3 is 10.1 Å². The molecule has 2 heterocycles. The van der Waals surface area contributed by atoms with Crippen molar-refractivity contribution in [1.29, 1.82) is 0 Å². The topological polar surface area (TPSA) is 34.1 Å². The normalized spacial score (nSPS) is 22.2. The van der Waals surface area contributed by atoms with Crippen LogP contribution in [0.15, 0.2) is 18.3 Å². The Balaban J connectivity index is 1.99. The maximum absolute atomic E-state index is 13.2. The first-order valence-electron chi connectivity index (χ1n) is 4.77. The highest BCUT2D eigenvalue weighted by molar-refractivity contribution is 5.08. The second kappa shape index (κ2) is 4.48. The van der Waals surface area contributed by atoms with Crippen LogP contribution in [0.1, 0.15) is 5.69 Å². The van der Waals surface area contributed by atoms with Crippen LogP contribution in [0.25, 0.3) is 0 Å². The molecule has 1 aromatic heterocycles. The van der Waals surface area contributed by atoms with Gasteiger partial charge in [0, 0.05) is 25.2 Å². The molecule has 1 aliphatic heterocycles. The average molecular weight is 196 g/mol. The highest BCUT2D eigenvalue weighted by Gasteiger charge is 2.15. The molecule has 0 radical (unpaired) electrons. The summed E-state index contributed by atoms with van der Waals surface area (Å²) in [6.45, 7) is 2.20. The molecule has 1 saturated heterocycles. The van der Waals surface area contributed by atoms with Gasteiger partial charge in [-0.1, -0.05) is 0 Å². The molecule has 0 spiro atoms. The minimum atomic E-state index is -0.236. The summed E-state index contributed by atoms with van der Waals surface area (Å²) in [5, 5.41) is 3.26. The number of pyridine rings is 1. The number of morpholine rings is 1. The van der Waals surface area contributed by atoms with E-state index in [2.05, 4.69) is 10.3 Å². The van der Waals surface area contributed by atoms with Crippen molar-refractivity contribution in [2.24, 2.45) is 0 Å². The first kappa shape index (κ1) is 9.55. The van der Waals surface area contributed by atoms with Crippen LogP contribution in [0.4, 0.5) is 4.39 Å². The lowest BCUT2D eigenvalue weighted by molar-refractivity contribution is 0.0764. The summed E-state index contributed by atoms with van der Waals surface area (Å²) >= 11 is 0. The van der Waals surface area contributed by atoms with E-state index in [1.165, 1.54) is 6.07 Å². The first-order chi connectivity index (χ1) is 6.86. The maximum atomic E-state index is 13.2. The maximum Gasteiger partial charge on any atom is 0.144 e. The fourth-order valence-electron chi connectivity index (χ4n) is 1.55. The van der Waals surface area contributed by atoms with Gasteiger partial charge in [0.05, 0.1) is 18.9 Å². The van der Waals surface area contributed by atoms with E-state index in [1.54, 1.807) is 12.3 Å². The minimum absolute atomic E-state index is 0.188. The average Bonchev–Trinajstić information content (AvgIpc) is 2.23. The van der Waals surface area contributed by atoms with Crippen LogP contribution >= 0.6 is 0 Å². The van der Waals surface area contributed by atoms with Crippen molar-refractivity contribution in [2.45, 2.75) is 12.5 Å². The number of ether oxygens (including phenoxy) is 1. The van der Waals surface area contributed by atoms with E-state index in [-0.39, 0.29) is 11.9 Å². The molecule has 2 rings (SSSR count). The van der Waals surface area contributed by atoms with E-state index in [0.717, 1.165) is 13.2 Å². The van der Waals surface area contributed by atoms with Crippen LogP contribution in [0, 0.1) is 5.82 Å². The molecule has 4 heteroatoms. The molecular formula is C10H13FN2O. The number of aromatic nitrogens is 1. The van der Waals surface area contributed by atoms with Crippen LogP contribution in [0.5, 0.6) is 0 Å². The highest BCUT2D eigenvalue weighted by atomic mass is 19.1. The van der Waals surface area contributed by atoms with Gasteiger partial charge in [0.2, 0.25) is 0 Å². The van der Waals surface area contributed by atoms with Crippen LogP contribution in [-0.2, 0) is 11.2 Å². The Hall–Kier alpha value is -1.00. The molecule has 0 saturated carbocycles. The predicted octanol–water partition coefficient (Wildman–Crippen LogP) is 0.752. The molecule has 76 valence electrons. The second-order valence-corrected chi connectivity index (χ2v) is 3.36. The van der Waals surface area contributed by atoms with Crippen molar-refractivity contribution in [3.05, 3.63) is 29.8 Å². The first-order valence-corrected chi connectivity index (χ1v) is 4.77. The fourth-order valence-corrected chi connectivity index (χ4v) is 1.55. The summed E-state index contributed by atoms with van der Waals surface area (Å²) < 4.78 is 18.5. The van der Waals surface area contributed by atoms with Crippen LogP contribution < -0.4 is 5.32 Å². The lowest BCUT2D eigenvalue weighted by Crippen LogP contribution is -2.42. The van der Waals surface area contributed by atoms with Crippen LogP contribution in [0.2, 0.25) is 0 Å². The van der Waals surface area contributed by atoms with Crippen LogP contribution in [-0.4, -0.2) is 30.8 Å². The summed E-state index contributed by atoms with van der Waals surface area (Å²) in [7, 11) is 0. The van der Waals surface area contributed by atoms with Crippen LogP contribution in [0.3, 0.4) is 0 Å². The third-order valence-electron chi connectivity index (χ3n) is 2.27. The standard InChI is InChI=1S/C10H13FN2O/c11-9-2-1-3-13-10(9)6-8-7-14-5-4-12-8/h1-3,8,12H,4-7H2. The molecule has 0 aromatic carbocycles. The van der Waals surface area contributed by atoms with Gasteiger partial charge in [-0.25, -0.2) is 4.39 Å². The Morgan fingerprint density at radius 2 is 2.57 bits per heavy atom. The highest BCUT2D eigenvalue weighted by Crippen LogP contribution is 2.07. The molecule has 1 fully saturated rings. The molecule has 1 aromatic rings. The fraction of sp³-hybridized carbons (Fsp3) is 0.500. The Morgan fingerprint density at radius 1 is 1.64 bits per heavy atom. The zero-order valence-electron chi connectivity index (χ0n) is 7.87. The molecule has 1 atom stereocenters. The number of nitrogens with one attached hydrogen (secondary N) is 1. The van der Waals surface area contributed by atoms with Gasteiger partial charge in [0.15, 0.2) is 0 Å². The Labute approximate surface area is 82.3 Å². The number of hydrogen-bond acceptors (Lipinski definition) is 3. The van der Waals surface area contributed by atoms with E-state index < -0.39 is 0 Å². The molecule has 1 aliphatic rings. The van der Waals surface area contributed by atoms with Gasteiger partial charge in [0.1, 0.15) is 5.82 Å². The molecule has 0 amide bonds. The quantitative estimate of drug-likeness (QED) is 0.758. The van der Waals surface area contributed by atoms with E-state index in [1.807, 2.05) is 0 Å². The largest absolute Gasteiger partial charge is 0.379 e. The molecular weight excluding hydrogens is 183 g/mol. The molecule has 1 N–H and O–H groups in total. The summed E-state index contributed by atoms with van der Waals surface area (Å²) in [4.78, 5) is 4.00. The van der Waals surface area contributed by atoms with Crippen molar-refractivity contribution >= 4 is 0 Å². The lowest BCUT2D eigenvalue weighted by Gasteiger charge is -2.23. The van der Waals surface area contributed by atoms with E-state index >= 15 is 0 Å². The summed E-state index contributed by atoms with van der Waals surface area (Å²) in [6, 6.07) is 3.23. The van der Waals surface area contributed by atoms with Crippen molar-refractivity contribution in [2.75, 3.05) is 19.8 Å². The van der Waals surface area contributed by atoms with Gasteiger partial charge in [0.25, 0.3) is 0 Å². The molecule has 0 aliphatic carbocycles. The van der Waals surface area contributed by atoms with Crippen molar-refractivity contribution in [1.82, 2.24) is 10.3 Å². The Morgan fingerprint density at radius 3 is 3.29 bits per heavy atom. The van der Waals surface area contributed by atoms with Crippen molar-refractivity contribution in [3.8, 4) is 0 Å². The van der Waals surface area contributed by atoms with Gasteiger partial charge in [-0.15, -0.1) is 0 Å². The van der Waals surface area contributed by atoms with E-state index in [9.17, 15) is 4.39 Å². The van der Waals surface area contributed by atoms with Gasteiger partial charge >= 0.3 is 0 Å². The zero-order valence-corrected chi connectivity index (χ0v) is 7.87. The van der Waals surface area contributed by atoms with Crippen molar-refractivity contribution in [3.63, 3.8) is 0 Å². The summed E-state index contributed by atoms with van der Waals surface area (Å²) in [5.74, 6) is -0.236. The minimum Gasteiger partial charge on any atom is -0.379 e. The predicted molar refractivity (Wildman–Crippen MR) is 50.5 cm³/mol. The third kappa shape index (κ3) is 2.27. The number of rotatable bonds is 2. The molecule has 1 unspecified atom stereocenters. The SMILES string of the molecule is Fc1cccnc1CC1COCCN1. The number of nitrogens with zero attached hydrogens (tertiary/aromatic N) is 1. The monoisotopic (exact) mass is 196 g/mol. The Kier molecular flexibility index (Phi) is 3.06. The van der Waals surface area contributed by atoms with Crippen molar-refractivity contribution < 1.29 is 9.13 Å². The molecule has 3 nitrogen and oxygen atoms in total. The van der Waals surface area contributed by atoms with Gasteiger partial charge in [-0.3, -0.25) is 4.98 Å². The third-order valence-corrected chi connectivity index (χ3v) is 2.27. The summed E-state index contributed by atoms with van der Waals surface area (Å²) in [6.07, 6.45) is 2.20. The lowest BCUT2D eigenvalue weighted by atomic mass is 10.1. The Bertz CT molecular complexity index is 300. The molecule has 14 heavy (non-hydrogen) atoms. The number of halogens is 1. The second-order valence-electron chi connectivity index (χ2n) is 3.36. The zero-order chi connectivity index (χ0) is 9.80. The summed E-state index contributed by atoms with van der Waals surface area (Å²) in [5.41, 5.74) is 0.510.